The molecule has 0 unspecified atom stereocenters. The van der Waals surface area contributed by atoms with Gasteiger partial charge >= 0.3 is 0 Å². The van der Waals surface area contributed by atoms with Gasteiger partial charge in [0.25, 0.3) is 5.91 Å². The topological polar surface area (TPSA) is 49.4 Å². The number of carbonyl (C=O) groups is 2. The third-order valence-electron chi connectivity index (χ3n) is 1.94. The van der Waals surface area contributed by atoms with Crippen molar-refractivity contribution in [1.82, 2.24) is 10.2 Å². The minimum absolute atomic E-state index is 0.000895. The summed E-state index contributed by atoms with van der Waals surface area (Å²) in [7, 11) is 1.58. The van der Waals surface area contributed by atoms with Gasteiger partial charge in [0, 0.05) is 12.1 Å². The Morgan fingerprint density at radius 3 is 2.82 bits per heavy atom. The normalized spacial score (nSPS) is 9.76. The van der Waals surface area contributed by atoms with Crippen LogP contribution in [0.3, 0.4) is 0 Å². The van der Waals surface area contributed by atoms with Gasteiger partial charge in [0.1, 0.15) is 0 Å². The van der Waals surface area contributed by atoms with E-state index in [2.05, 4.69) is 11.9 Å². The smallest absolute Gasteiger partial charge is 0.264 e. The molecule has 0 radical (unpaired) electrons. The first-order valence-electron chi connectivity index (χ1n) is 4.89. The molecule has 1 aromatic rings. The lowest BCUT2D eigenvalue weighted by Gasteiger charge is -2.15. The zero-order valence-electron chi connectivity index (χ0n) is 9.40. The molecular formula is C11H13ClN2O2S. The summed E-state index contributed by atoms with van der Waals surface area (Å²) in [5, 5.41) is 4.72. The highest BCUT2D eigenvalue weighted by Crippen LogP contribution is 2.10. The lowest BCUT2D eigenvalue weighted by atomic mass is 10.4. The van der Waals surface area contributed by atoms with Crippen molar-refractivity contribution in [2.75, 3.05) is 20.1 Å². The van der Waals surface area contributed by atoms with E-state index in [1.54, 1.807) is 19.2 Å². The third-order valence-corrected chi connectivity index (χ3v) is 2.93. The first-order valence-corrected chi connectivity index (χ1v) is 6.15. The Hall–Kier alpha value is -1.33. The zero-order chi connectivity index (χ0) is 12.8. The second kappa shape index (κ2) is 6.42. The number of halogens is 1. The van der Waals surface area contributed by atoms with Gasteiger partial charge in [-0.1, -0.05) is 24.2 Å². The fourth-order valence-electron chi connectivity index (χ4n) is 1.13. The second-order valence-electron chi connectivity index (χ2n) is 3.43. The van der Waals surface area contributed by atoms with Crippen molar-refractivity contribution in [2.24, 2.45) is 0 Å². The Balaban J connectivity index is 2.43. The predicted molar refractivity (Wildman–Crippen MR) is 69.3 cm³/mol. The number of likely N-dealkylation sites (N-methyl/N-ethyl adjacent to an activating group) is 1. The average Bonchev–Trinajstić information content (AvgIpc) is 2.78. The van der Waals surface area contributed by atoms with Crippen LogP contribution in [0.4, 0.5) is 0 Å². The maximum atomic E-state index is 11.8. The van der Waals surface area contributed by atoms with Gasteiger partial charge in [0.05, 0.1) is 18.0 Å². The number of nitrogens with one attached hydrogen (secondary N) is 1. The second-order valence-corrected chi connectivity index (χ2v) is 4.91. The lowest BCUT2D eigenvalue weighted by Crippen LogP contribution is -2.38. The number of hydrogen-bond acceptors (Lipinski definition) is 3. The molecule has 0 bridgehead atoms. The van der Waals surface area contributed by atoms with E-state index in [1.165, 1.54) is 16.2 Å². The summed E-state index contributed by atoms with van der Waals surface area (Å²) in [6.07, 6.45) is 0. The summed E-state index contributed by atoms with van der Waals surface area (Å²) < 4.78 is 0. The molecule has 0 aliphatic heterocycles. The van der Waals surface area contributed by atoms with Crippen molar-refractivity contribution >= 4 is 34.8 Å². The molecule has 1 rings (SSSR count). The highest BCUT2D eigenvalue weighted by atomic mass is 35.5. The fraction of sp³-hybridized carbons (Fsp3) is 0.273. The molecule has 0 fully saturated rings. The van der Waals surface area contributed by atoms with Crippen LogP contribution in [0.15, 0.2) is 29.1 Å². The number of carbonyl (C=O) groups excluding carboxylic acids is 2. The summed E-state index contributed by atoms with van der Waals surface area (Å²) >= 11 is 6.86. The molecule has 2 amide bonds. The molecule has 0 saturated heterocycles. The predicted octanol–water partition coefficient (Wildman–Crippen LogP) is 1.69. The first kappa shape index (κ1) is 13.7. The lowest BCUT2D eigenvalue weighted by molar-refractivity contribution is -0.121. The minimum Gasteiger partial charge on any atom is -0.350 e. The number of amides is 2. The van der Waals surface area contributed by atoms with Crippen molar-refractivity contribution < 1.29 is 9.59 Å². The van der Waals surface area contributed by atoms with Gasteiger partial charge in [-0.15, -0.1) is 11.3 Å². The minimum atomic E-state index is -0.265. The summed E-state index contributed by atoms with van der Waals surface area (Å²) in [5.74, 6) is -0.431. The van der Waals surface area contributed by atoms with E-state index in [1.807, 2.05) is 5.38 Å². The Bertz CT molecular complexity index is 417. The molecule has 0 atom stereocenters. The molecule has 6 heteroatoms. The molecule has 17 heavy (non-hydrogen) atoms. The van der Waals surface area contributed by atoms with Gasteiger partial charge in [-0.3, -0.25) is 9.59 Å². The summed E-state index contributed by atoms with van der Waals surface area (Å²) in [6, 6.07) is 3.52. The molecule has 0 aliphatic carbocycles. The third kappa shape index (κ3) is 4.58. The number of thiophene rings is 1. The fourth-order valence-corrected chi connectivity index (χ4v) is 1.91. The van der Waals surface area contributed by atoms with Crippen molar-refractivity contribution in [1.29, 1.82) is 0 Å². The molecule has 4 nitrogen and oxygen atoms in total. The van der Waals surface area contributed by atoms with Crippen LogP contribution in [-0.4, -0.2) is 36.9 Å². The van der Waals surface area contributed by atoms with Crippen LogP contribution in [0.2, 0.25) is 0 Å². The van der Waals surface area contributed by atoms with Gasteiger partial charge in [-0.25, -0.2) is 0 Å². The van der Waals surface area contributed by atoms with Gasteiger partial charge in [0.2, 0.25) is 5.91 Å². The van der Waals surface area contributed by atoms with Crippen molar-refractivity contribution in [3.8, 4) is 0 Å². The molecule has 92 valence electrons. The van der Waals surface area contributed by atoms with E-state index in [4.69, 9.17) is 11.6 Å². The molecule has 1 aromatic heterocycles. The van der Waals surface area contributed by atoms with Crippen LogP contribution in [0.25, 0.3) is 0 Å². The monoisotopic (exact) mass is 272 g/mol. The molecule has 0 aromatic carbocycles. The van der Waals surface area contributed by atoms with E-state index in [0.29, 0.717) is 9.91 Å². The van der Waals surface area contributed by atoms with E-state index < -0.39 is 0 Å². The van der Waals surface area contributed by atoms with Crippen LogP contribution in [0.5, 0.6) is 0 Å². The molecule has 1 N–H and O–H groups in total. The van der Waals surface area contributed by atoms with E-state index in [-0.39, 0.29) is 24.9 Å². The average molecular weight is 273 g/mol. The SMILES string of the molecule is C=C(Cl)CNC(=O)CN(C)C(=O)c1cccs1. The number of hydrogen-bond donors (Lipinski definition) is 1. The molecule has 1 heterocycles. The maximum absolute atomic E-state index is 11.8. The number of rotatable bonds is 5. The zero-order valence-corrected chi connectivity index (χ0v) is 11.0. The Labute approximate surface area is 109 Å². The molecule has 0 spiro atoms. The Kier molecular flexibility index (Phi) is 5.18. The van der Waals surface area contributed by atoms with Crippen LogP contribution in [0, 0.1) is 0 Å². The Morgan fingerprint density at radius 1 is 1.59 bits per heavy atom. The highest BCUT2D eigenvalue weighted by molar-refractivity contribution is 7.12. The number of nitrogens with zero attached hydrogens (tertiary/aromatic N) is 1. The summed E-state index contributed by atoms with van der Waals surface area (Å²) in [5.41, 5.74) is 0. The van der Waals surface area contributed by atoms with Crippen molar-refractivity contribution in [3.05, 3.63) is 34.0 Å². The van der Waals surface area contributed by atoms with Gasteiger partial charge < -0.3 is 10.2 Å². The summed E-state index contributed by atoms with van der Waals surface area (Å²) in [6.45, 7) is 3.66. The van der Waals surface area contributed by atoms with Gasteiger partial charge in [0.15, 0.2) is 0 Å². The van der Waals surface area contributed by atoms with Crippen LogP contribution < -0.4 is 5.32 Å². The van der Waals surface area contributed by atoms with E-state index in [9.17, 15) is 9.59 Å². The van der Waals surface area contributed by atoms with E-state index >= 15 is 0 Å². The van der Waals surface area contributed by atoms with Crippen LogP contribution in [-0.2, 0) is 4.79 Å². The molecular weight excluding hydrogens is 260 g/mol. The van der Waals surface area contributed by atoms with Crippen molar-refractivity contribution in [2.45, 2.75) is 0 Å². The summed E-state index contributed by atoms with van der Waals surface area (Å²) in [4.78, 5) is 25.2. The quantitative estimate of drug-likeness (QED) is 0.887. The highest BCUT2D eigenvalue weighted by Gasteiger charge is 2.15. The Morgan fingerprint density at radius 2 is 2.29 bits per heavy atom. The molecule has 0 saturated carbocycles. The first-order chi connectivity index (χ1) is 8.00. The van der Waals surface area contributed by atoms with E-state index in [0.717, 1.165) is 0 Å². The van der Waals surface area contributed by atoms with Gasteiger partial charge in [-0.2, -0.15) is 0 Å². The van der Waals surface area contributed by atoms with Gasteiger partial charge in [-0.05, 0) is 11.4 Å². The molecule has 0 aliphatic rings. The standard InChI is InChI=1S/C11H13ClN2O2S/c1-8(12)6-13-10(15)7-14(2)11(16)9-4-3-5-17-9/h3-5H,1,6-7H2,2H3,(H,13,15). The largest absolute Gasteiger partial charge is 0.350 e. The van der Waals surface area contributed by atoms with Crippen LogP contribution >= 0.6 is 22.9 Å². The van der Waals surface area contributed by atoms with Crippen LogP contribution in [0.1, 0.15) is 9.67 Å². The maximum Gasteiger partial charge on any atom is 0.264 e. The van der Waals surface area contributed by atoms with Crippen molar-refractivity contribution in [3.63, 3.8) is 0 Å².